The highest BCUT2D eigenvalue weighted by molar-refractivity contribution is 5.76. The summed E-state index contributed by atoms with van der Waals surface area (Å²) in [6.45, 7) is 7.50. The number of unbranched alkanes of at least 4 members (excludes halogenated alkanes) is 22. The van der Waals surface area contributed by atoms with Crippen LogP contribution in [0.5, 0.6) is 0 Å². The first-order valence-corrected chi connectivity index (χ1v) is 20.1. The first kappa shape index (κ1) is 44.4. The average molecular weight is 646 g/mol. The monoisotopic (exact) mass is 646 g/mol. The highest BCUT2D eigenvalue weighted by Crippen LogP contribution is 2.11. The molecule has 5 nitrogen and oxygen atoms in total. The number of carbonyl (C=O) groups excluding carboxylic acids is 2. The molecule has 5 heteroatoms. The molecule has 0 rings (SSSR count). The maximum atomic E-state index is 12.1. The average Bonchev–Trinajstić information content (AvgIpc) is 3.04. The number of hydrogen-bond acceptors (Lipinski definition) is 3. The number of nitrogens with zero attached hydrogens (tertiary/aromatic N) is 1. The van der Waals surface area contributed by atoms with Crippen LogP contribution < -0.4 is 10.6 Å². The Kier molecular flexibility index (Phi) is 36.5. The summed E-state index contributed by atoms with van der Waals surface area (Å²) in [5.41, 5.74) is 0. The third kappa shape index (κ3) is 36.8. The van der Waals surface area contributed by atoms with Crippen molar-refractivity contribution in [1.82, 2.24) is 15.5 Å². The predicted octanol–water partition coefficient (Wildman–Crippen LogP) is 11.2. The van der Waals surface area contributed by atoms with E-state index >= 15 is 0 Å². The van der Waals surface area contributed by atoms with Gasteiger partial charge in [-0.3, -0.25) is 9.59 Å². The standard InChI is InChI=1S/C41H79N3O2/c1-4-6-8-10-12-14-16-18-20-22-24-26-28-30-32-34-40(45)42-36-38-44(3)39-37-43-41(46)35-33-31-29-27-25-23-21-19-17-15-13-11-9-7-5-2/h18-21H,4-17,22-39H2,1-3H3,(H,42,45)(H,43,46)/b20-18+,21-19+. The lowest BCUT2D eigenvalue weighted by molar-refractivity contribution is -0.121. The minimum Gasteiger partial charge on any atom is -0.355 e. The third-order valence-corrected chi connectivity index (χ3v) is 8.96. The summed E-state index contributed by atoms with van der Waals surface area (Å²) < 4.78 is 0. The molecule has 0 heterocycles. The summed E-state index contributed by atoms with van der Waals surface area (Å²) in [7, 11) is 2.05. The van der Waals surface area contributed by atoms with Crippen molar-refractivity contribution in [1.29, 1.82) is 0 Å². The van der Waals surface area contributed by atoms with Crippen LogP contribution in [0.15, 0.2) is 24.3 Å². The lowest BCUT2D eigenvalue weighted by Gasteiger charge is -2.17. The predicted molar refractivity (Wildman–Crippen MR) is 202 cm³/mol. The molecule has 270 valence electrons. The van der Waals surface area contributed by atoms with Gasteiger partial charge in [-0.25, -0.2) is 0 Å². The van der Waals surface area contributed by atoms with Gasteiger partial charge < -0.3 is 15.5 Å². The maximum absolute atomic E-state index is 12.1. The molecule has 0 radical (unpaired) electrons. The molecule has 0 aliphatic heterocycles. The minimum atomic E-state index is 0.166. The second kappa shape index (κ2) is 37.8. The van der Waals surface area contributed by atoms with Crippen molar-refractivity contribution in [2.75, 3.05) is 33.2 Å². The van der Waals surface area contributed by atoms with E-state index in [1.54, 1.807) is 0 Å². The topological polar surface area (TPSA) is 61.4 Å². The SMILES string of the molecule is CCCCCCCC/C=C/CCCCCCCC(=O)NCCN(C)CCNC(=O)CCCCCCC/C=C/CCCCCCCC. The van der Waals surface area contributed by atoms with Crippen LogP contribution in [0.1, 0.15) is 194 Å². The van der Waals surface area contributed by atoms with Crippen LogP contribution in [0.3, 0.4) is 0 Å². The highest BCUT2D eigenvalue weighted by Gasteiger charge is 2.05. The summed E-state index contributed by atoms with van der Waals surface area (Å²) >= 11 is 0. The van der Waals surface area contributed by atoms with Gasteiger partial charge in [0.1, 0.15) is 0 Å². The van der Waals surface area contributed by atoms with E-state index in [4.69, 9.17) is 0 Å². The third-order valence-electron chi connectivity index (χ3n) is 8.96. The van der Waals surface area contributed by atoms with Gasteiger partial charge in [-0.05, 0) is 71.3 Å². The van der Waals surface area contributed by atoms with E-state index in [-0.39, 0.29) is 11.8 Å². The van der Waals surface area contributed by atoms with Gasteiger partial charge in [0.15, 0.2) is 0 Å². The summed E-state index contributed by atoms with van der Waals surface area (Å²) in [6.07, 6.45) is 43.9. The molecule has 0 spiro atoms. The van der Waals surface area contributed by atoms with E-state index in [9.17, 15) is 9.59 Å². The molecule has 2 amide bonds. The van der Waals surface area contributed by atoms with Crippen molar-refractivity contribution < 1.29 is 9.59 Å². The second-order valence-corrected chi connectivity index (χ2v) is 13.7. The highest BCUT2D eigenvalue weighted by atomic mass is 16.2. The smallest absolute Gasteiger partial charge is 0.220 e. The number of nitrogens with one attached hydrogen (secondary N) is 2. The first-order chi connectivity index (χ1) is 22.6. The Morgan fingerprint density at radius 3 is 1.04 bits per heavy atom. The Morgan fingerprint density at radius 2 is 0.717 bits per heavy atom. The molecular formula is C41H79N3O2. The molecule has 2 N–H and O–H groups in total. The van der Waals surface area contributed by atoms with Crippen LogP contribution in [0.25, 0.3) is 0 Å². The van der Waals surface area contributed by atoms with Gasteiger partial charge >= 0.3 is 0 Å². The van der Waals surface area contributed by atoms with Crippen LogP contribution in [0.4, 0.5) is 0 Å². The Balaban J connectivity index is 3.43. The quantitative estimate of drug-likeness (QED) is 0.0526. The Bertz CT molecular complexity index is 648. The molecule has 46 heavy (non-hydrogen) atoms. The van der Waals surface area contributed by atoms with Gasteiger partial charge in [0.05, 0.1) is 0 Å². The summed E-state index contributed by atoms with van der Waals surface area (Å²) in [5, 5.41) is 6.11. The zero-order valence-electron chi connectivity index (χ0n) is 31.2. The van der Waals surface area contributed by atoms with E-state index in [0.29, 0.717) is 25.9 Å². The fourth-order valence-corrected chi connectivity index (χ4v) is 5.77. The van der Waals surface area contributed by atoms with Gasteiger partial charge in [-0.2, -0.15) is 0 Å². The van der Waals surface area contributed by atoms with Crippen LogP contribution in [-0.2, 0) is 9.59 Å². The molecular weight excluding hydrogens is 566 g/mol. The number of rotatable bonds is 36. The molecule has 0 aliphatic carbocycles. The Morgan fingerprint density at radius 1 is 0.435 bits per heavy atom. The molecule has 0 atom stereocenters. The molecule has 0 aliphatic rings. The Hall–Kier alpha value is -1.62. The second-order valence-electron chi connectivity index (χ2n) is 13.7. The summed E-state index contributed by atoms with van der Waals surface area (Å²) in [4.78, 5) is 26.5. The van der Waals surface area contributed by atoms with Crippen molar-refractivity contribution in [2.45, 2.75) is 194 Å². The number of carbonyl (C=O) groups is 2. The van der Waals surface area contributed by atoms with E-state index in [0.717, 1.165) is 38.8 Å². The van der Waals surface area contributed by atoms with Crippen molar-refractivity contribution in [3.05, 3.63) is 24.3 Å². The molecule has 0 saturated heterocycles. The molecule has 0 bridgehead atoms. The van der Waals surface area contributed by atoms with Crippen molar-refractivity contribution in [3.8, 4) is 0 Å². The van der Waals surface area contributed by atoms with Crippen molar-refractivity contribution >= 4 is 11.8 Å². The molecule has 0 aromatic rings. The Labute approximate surface area is 287 Å². The first-order valence-electron chi connectivity index (χ1n) is 20.1. The number of hydrogen-bond donors (Lipinski definition) is 2. The van der Waals surface area contributed by atoms with Crippen LogP contribution in [-0.4, -0.2) is 49.9 Å². The van der Waals surface area contributed by atoms with E-state index in [2.05, 4.69) is 53.7 Å². The van der Waals surface area contributed by atoms with Gasteiger partial charge in [0.25, 0.3) is 0 Å². The van der Waals surface area contributed by atoms with Crippen LogP contribution >= 0.6 is 0 Å². The summed E-state index contributed by atoms with van der Waals surface area (Å²) in [6, 6.07) is 0. The van der Waals surface area contributed by atoms with Gasteiger partial charge in [-0.1, -0.05) is 141 Å². The van der Waals surface area contributed by atoms with Gasteiger partial charge in [0, 0.05) is 39.0 Å². The van der Waals surface area contributed by atoms with Gasteiger partial charge in [0.2, 0.25) is 11.8 Å². The normalized spacial score (nSPS) is 11.7. The lowest BCUT2D eigenvalue weighted by Crippen LogP contribution is -2.37. The molecule has 0 aromatic heterocycles. The van der Waals surface area contributed by atoms with E-state index in [1.807, 2.05) is 7.05 Å². The summed E-state index contributed by atoms with van der Waals surface area (Å²) in [5.74, 6) is 0.332. The number of likely N-dealkylation sites (N-methyl/N-ethyl adjacent to an activating group) is 1. The van der Waals surface area contributed by atoms with E-state index < -0.39 is 0 Å². The van der Waals surface area contributed by atoms with Crippen LogP contribution in [0, 0.1) is 0 Å². The van der Waals surface area contributed by atoms with Gasteiger partial charge in [-0.15, -0.1) is 0 Å². The lowest BCUT2D eigenvalue weighted by atomic mass is 10.1. The largest absolute Gasteiger partial charge is 0.355 e. The molecule has 0 unspecified atom stereocenters. The number of amides is 2. The molecule has 0 aromatic carbocycles. The minimum absolute atomic E-state index is 0.166. The zero-order valence-corrected chi connectivity index (χ0v) is 31.2. The zero-order chi connectivity index (χ0) is 33.6. The fourth-order valence-electron chi connectivity index (χ4n) is 5.77. The molecule has 0 saturated carbocycles. The maximum Gasteiger partial charge on any atom is 0.220 e. The van der Waals surface area contributed by atoms with Crippen molar-refractivity contribution in [2.24, 2.45) is 0 Å². The molecule has 0 fully saturated rings. The van der Waals surface area contributed by atoms with Crippen molar-refractivity contribution in [3.63, 3.8) is 0 Å². The number of allylic oxidation sites excluding steroid dienone is 4. The van der Waals surface area contributed by atoms with Crippen LogP contribution in [0.2, 0.25) is 0 Å². The van der Waals surface area contributed by atoms with E-state index in [1.165, 1.54) is 141 Å². The fraction of sp³-hybridized carbons (Fsp3) is 0.854.